The summed E-state index contributed by atoms with van der Waals surface area (Å²) in [5, 5.41) is 0.881. The molecule has 2 saturated heterocycles. The number of hydrogen-bond acceptors (Lipinski definition) is 4. The van der Waals surface area contributed by atoms with Gasteiger partial charge in [0.15, 0.2) is 0 Å². The van der Waals surface area contributed by atoms with Gasteiger partial charge in [-0.15, -0.1) is 0 Å². The Morgan fingerprint density at radius 3 is 2.74 bits per heavy atom. The number of likely N-dealkylation sites (tertiary alicyclic amines) is 1. The summed E-state index contributed by atoms with van der Waals surface area (Å²) in [6.07, 6.45) is 0.322. The van der Waals surface area contributed by atoms with Gasteiger partial charge in [0.1, 0.15) is 11.7 Å². The monoisotopic (exact) mass is 335 g/mol. The SMILES string of the molecule is O=C(c1cc2ccccc2[nH]1)N1CC[C@@H]2[C@H]1C(=O)N2S(=O)(=O)O. The number of hydrogen-bond donors (Lipinski definition) is 2. The molecule has 2 fully saturated rings. The van der Waals surface area contributed by atoms with Crippen LogP contribution in [0.5, 0.6) is 0 Å². The van der Waals surface area contributed by atoms with Crippen molar-refractivity contribution in [3.8, 4) is 0 Å². The van der Waals surface area contributed by atoms with Gasteiger partial charge in [0.05, 0.1) is 6.04 Å². The van der Waals surface area contributed by atoms with Gasteiger partial charge in [0.2, 0.25) is 0 Å². The summed E-state index contributed by atoms with van der Waals surface area (Å²) in [7, 11) is -4.57. The molecule has 8 nitrogen and oxygen atoms in total. The zero-order chi connectivity index (χ0) is 16.4. The number of nitrogens with zero attached hydrogens (tertiary/aromatic N) is 2. The standard InChI is InChI=1S/C14H13N3O5S/c18-13(10-7-8-3-1-2-4-9(8)15-10)16-6-5-11-12(16)14(19)17(11)23(20,21)22/h1-4,7,11-12,15H,5-6H2,(H,20,21,22)/t11-,12+/m1/s1. The zero-order valence-electron chi connectivity index (χ0n) is 11.8. The van der Waals surface area contributed by atoms with Crippen LogP contribution in [0.15, 0.2) is 30.3 Å². The molecule has 120 valence electrons. The Morgan fingerprint density at radius 2 is 2.04 bits per heavy atom. The Bertz CT molecular complexity index is 902. The molecule has 0 radical (unpaired) electrons. The third-order valence-electron chi connectivity index (χ3n) is 4.41. The second-order valence-corrected chi connectivity index (χ2v) is 6.97. The number of nitrogens with one attached hydrogen (secondary N) is 1. The van der Waals surface area contributed by atoms with Crippen LogP contribution in [-0.4, -0.2) is 57.6 Å². The number of aromatic amines is 1. The fourth-order valence-electron chi connectivity index (χ4n) is 3.39. The van der Waals surface area contributed by atoms with E-state index in [2.05, 4.69) is 4.98 Å². The van der Waals surface area contributed by atoms with E-state index in [1.54, 1.807) is 6.07 Å². The van der Waals surface area contributed by atoms with E-state index in [4.69, 9.17) is 4.55 Å². The maximum Gasteiger partial charge on any atom is 0.362 e. The molecule has 2 aliphatic heterocycles. The van der Waals surface area contributed by atoms with Gasteiger partial charge in [-0.25, -0.2) is 4.31 Å². The van der Waals surface area contributed by atoms with Crippen LogP contribution in [0, 0.1) is 0 Å². The molecular formula is C14H13N3O5S. The lowest BCUT2D eigenvalue weighted by atomic mass is 10.00. The molecule has 23 heavy (non-hydrogen) atoms. The molecule has 1 aromatic heterocycles. The smallest absolute Gasteiger partial charge is 0.351 e. The number of para-hydroxylation sites is 1. The van der Waals surface area contributed by atoms with Crippen LogP contribution in [0.4, 0.5) is 0 Å². The average Bonchev–Trinajstić information content (AvgIpc) is 3.05. The van der Waals surface area contributed by atoms with Crippen LogP contribution < -0.4 is 0 Å². The fourth-order valence-corrected chi connectivity index (χ4v) is 4.29. The van der Waals surface area contributed by atoms with E-state index in [-0.39, 0.29) is 12.5 Å². The van der Waals surface area contributed by atoms with Crippen LogP contribution in [0.25, 0.3) is 10.9 Å². The lowest BCUT2D eigenvalue weighted by molar-refractivity contribution is -0.143. The third kappa shape index (κ3) is 1.97. The van der Waals surface area contributed by atoms with Crippen molar-refractivity contribution in [1.29, 1.82) is 0 Å². The molecule has 0 aliphatic carbocycles. The van der Waals surface area contributed by atoms with Gasteiger partial charge in [-0.1, -0.05) is 18.2 Å². The molecule has 2 N–H and O–H groups in total. The molecule has 0 bridgehead atoms. The van der Waals surface area contributed by atoms with Crippen molar-refractivity contribution in [2.45, 2.75) is 18.5 Å². The van der Waals surface area contributed by atoms with E-state index in [1.807, 2.05) is 24.3 Å². The molecule has 0 saturated carbocycles. The van der Waals surface area contributed by atoms with Crippen molar-refractivity contribution in [2.24, 2.45) is 0 Å². The average molecular weight is 335 g/mol. The summed E-state index contributed by atoms with van der Waals surface area (Å²) in [4.78, 5) is 29.0. The topological polar surface area (TPSA) is 111 Å². The number of aromatic nitrogens is 1. The van der Waals surface area contributed by atoms with E-state index in [1.165, 1.54) is 4.90 Å². The van der Waals surface area contributed by atoms with Crippen LogP contribution in [0.3, 0.4) is 0 Å². The number of carbonyl (C=O) groups is 2. The minimum Gasteiger partial charge on any atom is -0.351 e. The molecule has 4 rings (SSSR count). The van der Waals surface area contributed by atoms with E-state index in [0.717, 1.165) is 10.9 Å². The first-order valence-electron chi connectivity index (χ1n) is 7.07. The van der Waals surface area contributed by atoms with Gasteiger partial charge < -0.3 is 9.88 Å². The minimum absolute atomic E-state index is 0.265. The highest BCUT2D eigenvalue weighted by molar-refractivity contribution is 7.84. The van der Waals surface area contributed by atoms with Crippen LogP contribution >= 0.6 is 0 Å². The van der Waals surface area contributed by atoms with Crippen molar-refractivity contribution in [3.63, 3.8) is 0 Å². The molecular weight excluding hydrogens is 322 g/mol. The van der Waals surface area contributed by atoms with Gasteiger partial charge in [0.25, 0.3) is 11.8 Å². The number of β-lactam (4-membered cyclic amide) rings is 1. The molecule has 2 atom stereocenters. The number of benzene rings is 1. The quantitative estimate of drug-likeness (QED) is 0.609. The first-order chi connectivity index (χ1) is 10.9. The molecule has 0 unspecified atom stereocenters. The highest BCUT2D eigenvalue weighted by atomic mass is 32.2. The summed E-state index contributed by atoms with van der Waals surface area (Å²) >= 11 is 0. The van der Waals surface area contributed by atoms with Gasteiger partial charge >= 0.3 is 10.3 Å². The Hall–Kier alpha value is -2.39. The molecule has 1 aromatic carbocycles. The number of rotatable bonds is 2. The third-order valence-corrected chi connectivity index (χ3v) is 5.36. The second-order valence-electron chi connectivity index (χ2n) is 5.68. The maximum absolute atomic E-state index is 12.6. The largest absolute Gasteiger partial charge is 0.362 e. The van der Waals surface area contributed by atoms with E-state index in [9.17, 15) is 18.0 Å². The van der Waals surface area contributed by atoms with E-state index >= 15 is 0 Å². The summed E-state index contributed by atoms with van der Waals surface area (Å²) in [6.45, 7) is 0.265. The van der Waals surface area contributed by atoms with Crippen molar-refractivity contribution >= 4 is 33.0 Å². The van der Waals surface area contributed by atoms with Crippen LogP contribution in [0.1, 0.15) is 16.9 Å². The lowest BCUT2D eigenvalue weighted by Gasteiger charge is -2.42. The first kappa shape index (κ1) is 14.2. The minimum atomic E-state index is -4.57. The van der Waals surface area contributed by atoms with Crippen molar-refractivity contribution < 1.29 is 22.6 Å². The number of carbonyl (C=O) groups excluding carboxylic acids is 2. The van der Waals surface area contributed by atoms with Crippen molar-refractivity contribution in [1.82, 2.24) is 14.2 Å². The molecule has 0 spiro atoms. The zero-order valence-corrected chi connectivity index (χ0v) is 12.7. The Balaban J connectivity index is 1.62. The van der Waals surface area contributed by atoms with Crippen molar-refractivity contribution in [3.05, 3.63) is 36.0 Å². The lowest BCUT2D eigenvalue weighted by Crippen LogP contribution is -2.68. The maximum atomic E-state index is 12.6. The summed E-state index contributed by atoms with van der Waals surface area (Å²) in [5.74, 6) is -1.11. The molecule has 3 heterocycles. The van der Waals surface area contributed by atoms with Gasteiger partial charge in [0, 0.05) is 17.4 Å². The number of amides is 2. The molecule has 2 amide bonds. The Kier molecular flexibility index (Phi) is 2.82. The second kappa shape index (κ2) is 4.56. The highest BCUT2D eigenvalue weighted by Gasteiger charge is 2.60. The summed E-state index contributed by atoms with van der Waals surface area (Å²) in [6, 6.07) is 7.61. The van der Waals surface area contributed by atoms with E-state index in [0.29, 0.717) is 16.4 Å². The highest BCUT2D eigenvalue weighted by Crippen LogP contribution is 2.36. The number of H-pyrrole nitrogens is 1. The summed E-state index contributed by atoms with van der Waals surface area (Å²) in [5.41, 5.74) is 1.16. The van der Waals surface area contributed by atoms with Crippen LogP contribution in [-0.2, 0) is 15.1 Å². The van der Waals surface area contributed by atoms with Crippen LogP contribution in [0.2, 0.25) is 0 Å². The first-order valence-corrected chi connectivity index (χ1v) is 8.47. The van der Waals surface area contributed by atoms with Gasteiger partial charge in [-0.2, -0.15) is 8.42 Å². The fraction of sp³-hybridized carbons (Fsp3) is 0.286. The molecule has 2 aliphatic rings. The summed E-state index contributed by atoms with van der Waals surface area (Å²) < 4.78 is 31.9. The van der Waals surface area contributed by atoms with E-state index < -0.39 is 28.3 Å². The Labute approximate surface area is 131 Å². The Morgan fingerprint density at radius 1 is 1.30 bits per heavy atom. The van der Waals surface area contributed by atoms with Gasteiger partial charge in [-0.05, 0) is 18.6 Å². The molecule has 9 heteroatoms. The number of fused-ring (bicyclic) bond motifs is 2. The normalized spacial score (nSPS) is 24.0. The predicted molar refractivity (Wildman–Crippen MR) is 79.9 cm³/mol. The predicted octanol–water partition coefficient (Wildman–Crippen LogP) is 0.396. The van der Waals surface area contributed by atoms with Crippen molar-refractivity contribution in [2.75, 3.05) is 6.54 Å². The molecule has 2 aromatic rings. The van der Waals surface area contributed by atoms with Gasteiger partial charge in [-0.3, -0.25) is 14.1 Å².